The highest BCUT2D eigenvalue weighted by atomic mass is 79.9. The molecule has 0 saturated carbocycles. The van der Waals surface area contributed by atoms with Crippen molar-refractivity contribution in [1.82, 2.24) is 9.97 Å². The van der Waals surface area contributed by atoms with Crippen LogP contribution in [0, 0.1) is 6.92 Å². The Balaban J connectivity index is 2.40. The molecule has 0 aromatic carbocycles. The van der Waals surface area contributed by atoms with Gasteiger partial charge in [0, 0.05) is 13.1 Å². The van der Waals surface area contributed by atoms with Crippen molar-refractivity contribution in [3.63, 3.8) is 0 Å². The molecule has 0 atom stereocenters. The average Bonchev–Trinajstić information content (AvgIpc) is 2.63. The second kappa shape index (κ2) is 3.73. The summed E-state index contributed by atoms with van der Waals surface area (Å²) in [6.07, 6.45) is 2.46. The van der Waals surface area contributed by atoms with Gasteiger partial charge in [0.1, 0.15) is 21.9 Å². The number of halogens is 1. The smallest absolute Gasteiger partial charge is 0.148 e. The standard InChI is InChI=1S/C9H13BrN4/c1-6-12-8(11)7(10)9(13-6)14-4-2-3-5-14/h2-5H2,1H3,(H2,11,12,13). The molecule has 76 valence electrons. The molecule has 5 heteroatoms. The van der Waals surface area contributed by atoms with Crippen molar-refractivity contribution in [2.24, 2.45) is 0 Å². The summed E-state index contributed by atoms with van der Waals surface area (Å²) in [5.41, 5.74) is 5.76. The molecule has 1 fully saturated rings. The first-order valence-electron chi connectivity index (χ1n) is 4.73. The SMILES string of the molecule is Cc1nc(N)c(Br)c(N2CCCC2)n1. The molecular formula is C9H13BrN4. The second-order valence-electron chi connectivity index (χ2n) is 3.49. The number of nitrogens with two attached hydrogens (primary N) is 1. The van der Waals surface area contributed by atoms with Crippen LogP contribution in [0.4, 0.5) is 11.6 Å². The van der Waals surface area contributed by atoms with Crippen LogP contribution in [-0.2, 0) is 0 Å². The van der Waals surface area contributed by atoms with Crippen molar-refractivity contribution in [3.05, 3.63) is 10.3 Å². The van der Waals surface area contributed by atoms with Crippen molar-refractivity contribution in [3.8, 4) is 0 Å². The maximum atomic E-state index is 5.76. The Labute approximate surface area is 91.7 Å². The van der Waals surface area contributed by atoms with Gasteiger partial charge in [0.15, 0.2) is 0 Å². The van der Waals surface area contributed by atoms with Crippen LogP contribution < -0.4 is 10.6 Å². The zero-order valence-corrected chi connectivity index (χ0v) is 9.71. The molecule has 14 heavy (non-hydrogen) atoms. The van der Waals surface area contributed by atoms with Crippen molar-refractivity contribution in [2.45, 2.75) is 19.8 Å². The van der Waals surface area contributed by atoms with Gasteiger partial charge < -0.3 is 10.6 Å². The van der Waals surface area contributed by atoms with E-state index in [1.807, 2.05) is 6.92 Å². The summed E-state index contributed by atoms with van der Waals surface area (Å²) < 4.78 is 0.824. The lowest BCUT2D eigenvalue weighted by Gasteiger charge is -2.18. The molecule has 4 nitrogen and oxygen atoms in total. The third-order valence-corrected chi connectivity index (χ3v) is 3.14. The van der Waals surface area contributed by atoms with E-state index in [0.717, 1.165) is 29.2 Å². The van der Waals surface area contributed by atoms with E-state index in [1.165, 1.54) is 12.8 Å². The van der Waals surface area contributed by atoms with Gasteiger partial charge in [0.25, 0.3) is 0 Å². The molecule has 0 spiro atoms. The molecule has 1 aromatic heterocycles. The molecule has 1 aromatic rings. The second-order valence-corrected chi connectivity index (χ2v) is 4.28. The summed E-state index contributed by atoms with van der Waals surface area (Å²) in [4.78, 5) is 10.7. The number of nitrogen functional groups attached to an aromatic ring is 1. The van der Waals surface area contributed by atoms with Gasteiger partial charge in [0.05, 0.1) is 0 Å². The number of nitrogens with zero attached hydrogens (tertiary/aromatic N) is 3. The predicted octanol–water partition coefficient (Wildman–Crippen LogP) is 1.73. The van der Waals surface area contributed by atoms with Crippen LogP contribution in [-0.4, -0.2) is 23.1 Å². The maximum absolute atomic E-state index is 5.76. The van der Waals surface area contributed by atoms with Crippen LogP contribution >= 0.6 is 15.9 Å². The summed E-state index contributed by atoms with van der Waals surface area (Å²) in [5, 5.41) is 0. The third-order valence-electron chi connectivity index (χ3n) is 2.38. The fraction of sp³-hybridized carbons (Fsp3) is 0.556. The first-order chi connectivity index (χ1) is 6.68. The quantitative estimate of drug-likeness (QED) is 0.832. The molecule has 1 aliphatic heterocycles. The Morgan fingerprint density at radius 3 is 2.57 bits per heavy atom. The van der Waals surface area contributed by atoms with Gasteiger partial charge in [-0.15, -0.1) is 0 Å². The van der Waals surface area contributed by atoms with E-state index in [4.69, 9.17) is 5.73 Å². The molecule has 2 heterocycles. The van der Waals surface area contributed by atoms with Gasteiger partial charge in [-0.25, -0.2) is 9.97 Å². The summed E-state index contributed by atoms with van der Waals surface area (Å²) in [5.74, 6) is 2.19. The zero-order valence-electron chi connectivity index (χ0n) is 8.13. The van der Waals surface area contributed by atoms with E-state index < -0.39 is 0 Å². The normalized spacial score (nSPS) is 16.3. The van der Waals surface area contributed by atoms with Crippen LogP contribution in [0.3, 0.4) is 0 Å². The van der Waals surface area contributed by atoms with Crippen molar-refractivity contribution in [1.29, 1.82) is 0 Å². The van der Waals surface area contributed by atoms with Gasteiger partial charge in [-0.1, -0.05) is 0 Å². The highest BCUT2D eigenvalue weighted by Gasteiger charge is 2.18. The zero-order chi connectivity index (χ0) is 10.1. The number of hydrogen-bond acceptors (Lipinski definition) is 4. The molecule has 2 rings (SSSR count). The average molecular weight is 257 g/mol. The molecule has 0 bridgehead atoms. The molecule has 0 unspecified atom stereocenters. The minimum atomic E-state index is 0.527. The maximum Gasteiger partial charge on any atom is 0.148 e. The molecule has 1 aliphatic rings. The van der Waals surface area contributed by atoms with Gasteiger partial charge >= 0.3 is 0 Å². The van der Waals surface area contributed by atoms with Crippen molar-refractivity contribution < 1.29 is 0 Å². The van der Waals surface area contributed by atoms with Gasteiger partial charge in [-0.05, 0) is 35.7 Å². The van der Waals surface area contributed by atoms with Crippen molar-refractivity contribution >= 4 is 27.6 Å². The Kier molecular flexibility index (Phi) is 2.58. The highest BCUT2D eigenvalue weighted by molar-refractivity contribution is 9.10. The molecule has 2 N–H and O–H groups in total. The molecule has 0 radical (unpaired) electrons. The van der Waals surface area contributed by atoms with E-state index in [0.29, 0.717) is 5.82 Å². The largest absolute Gasteiger partial charge is 0.383 e. The highest BCUT2D eigenvalue weighted by Crippen LogP contribution is 2.30. The van der Waals surface area contributed by atoms with E-state index in [1.54, 1.807) is 0 Å². The number of aromatic nitrogens is 2. The van der Waals surface area contributed by atoms with Gasteiger partial charge in [0.2, 0.25) is 0 Å². The lowest BCUT2D eigenvalue weighted by Crippen LogP contribution is -2.20. The number of aryl methyl sites for hydroxylation is 1. The number of rotatable bonds is 1. The van der Waals surface area contributed by atoms with Crippen molar-refractivity contribution in [2.75, 3.05) is 23.7 Å². The number of anilines is 2. The minimum absolute atomic E-state index is 0.527. The minimum Gasteiger partial charge on any atom is -0.383 e. The van der Waals surface area contributed by atoms with Gasteiger partial charge in [-0.3, -0.25) is 0 Å². The van der Waals surface area contributed by atoms with Gasteiger partial charge in [-0.2, -0.15) is 0 Å². The third kappa shape index (κ3) is 1.68. The Bertz CT molecular complexity index is 347. The fourth-order valence-electron chi connectivity index (χ4n) is 1.70. The molecule has 1 saturated heterocycles. The summed E-state index contributed by atoms with van der Waals surface area (Å²) in [6.45, 7) is 3.99. The van der Waals surface area contributed by atoms with Crippen LogP contribution in [0.25, 0.3) is 0 Å². The Morgan fingerprint density at radius 1 is 1.29 bits per heavy atom. The first-order valence-corrected chi connectivity index (χ1v) is 5.52. The lowest BCUT2D eigenvalue weighted by molar-refractivity contribution is 0.906. The van der Waals surface area contributed by atoms with E-state index in [9.17, 15) is 0 Å². The molecule has 0 amide bonds. The fourth-order valence-corrected chi connectivity index (χ4v) is 2.13. The van der Waals surface area contributed by atoms with E-state index in [-0.39, 0.29) is 0 Å². The van der Waals surface area contributed by atoms with Crippen LogP contribution in [0.1, 0.15) is 18.7 Å². The van der Waals surface area contributed by atoms with E-state index in [2.05, 4.69) is 30.8 Å². The van der Waals surface area contributed by atoms with E-state index >= 15 is 0 Å². The van der Waals surface area contributed by atoms with Crippen LogP contribution in [0.15, 0.2) is 4.47 Å². The van der Waals surface area contributed by atoms with Crippen LogP contribution in [0.2, 0.25) is 0 Å². The summed E-state index contributed by atoms with van der Waals surface area (Å²) >= 11 is 3.43. The Hall–Kier alpha value is -0.840. The Morgan fingerprint density at radius 2 is 1.93 bits per heavy atom. The van der Waals surface area contributed by atoms with Crippen LogP contribution in [0.5, 0.6) is 0 Å². The number of hydrogen-bond donors (Lipinski definition) is 1. The first kappa shape index (κ1) is 9.71. The summed E-state index contributed by atoms with van der Waals surface area (Å²) in [6, 6.07) is 0. The lowest BCUT2D eigenvalue weighted by atomic mass is 10.4. The molecule has 0 aliphatic carbocycles. The molecular weight excluding hydrogens is 244 g/mol. The predicted molar refractivity (Wildman–Crippen MR) is 60.3 cm³/mol. The summed E-state index contributed by atoms with van der Waals surface area (Å²) in [7, 11) is 0. The topological polar surface area (TPSA) is 55.0 Å². The monoisotopic (exact) mass is 256 g/mol.